The molecule has 2 aromatic carbocycles. The first-order chi connectivity index (χ1) is 12.5. The van der Waals surface area contributed by atoms with Crippen molar-refractivity contribution in [2.45, 2.75) is 6.54 Å². The summed E-state index contributed by atoms with van der Waals surface area (Å²) in [6, 6.07) is 13.0. The van der Waals surface area contributed by atoms with Crippen molar-refractivity contribution >= 4 is 34.9 Å². The first kappa shape index (κ1) is 18.8. The van der Waals surface area contributed by atoms with Crippen LogP contribution in [0.25, 0.3) is 0 Å². The van der Waals surface area contributed by atoms with Gasteiger partial charge in [-0.25, -0.2) is 4.79 Å². The van der Waals surface area contributed by atoms with Crippen LogP contribution in [0.1, 0.15) is 5.56 Å². The number of halogens is 2. The van der Waals surface area contributed by atoms with Crippen LogP contribution in [-0.4, -0.2) is 49.1 Å². The Balaban J connectivity index is 1.49. The predicted octanol–water partition coefficient (Wildman–Crippen LogP) is 4.35. The van der Waals surface area contributed by atoms with Gasteiger partial charge >= 0.3 is 6.03 Å². The van der Waals surface area contributed by atoms with Gasteiger partial charge in [0.2, 0.25) is 0 Å². The van der Waals surface area contributed by atoms with Crippen molar-refractivity contribution in [2.75, 3.05) is 38.6 Å². The van der Waals surface area contributed by atoms with Crippen LogP contribution in [0.15, 0.2) is 42.5 Å². The van der Waals surface area contributed by atoms with Crippen molar-refractivity contribution in [2.24, 2.45) is 0 Å². The van der Waals surface area contributed by atoms with Gasteiger partial charge in [0.15, 0.2) is 0 Å². The predicted molar refractivity (Wildman–Crippen MR) is 105 cm³/mol. The lowest BCUT2D eigenvalue weighted by atomic mass is 10.2. The Morgan fingerprint density at radius 3 is 2.35 bits per heavy atom. The van der Waals surface area contributed by atoms with Crippen molar-refractivity contribution < 1.29 is 9.53 Å². The molecule has 0 atom stereocenters. The molecular formula is C19H21Cl2N3O2. The number of amides is 2. The fourth-order valence-electron chi connectivity index (χ4n) is 2.87. The number of hydrogen-bond acceptors (Lipinski definition) is 3. The van der Waals surface area contributed by atoms with E-state index in [9.17, 15) is 4.79 Å². The molecule has 1 N–H and O–H groups in total. The van der Waals surface area contributed by atoms with Gasteiger partial charge in [0.25, 0.3) is 0 Å². The minimum Gasteiger partial charge on any atom is -0.497 e. The first-order valence-electron chi connectivity index (χ1n) is 8.41. The molecule has 0 bridgehead atoms. The van der Waals surface area contributed by atoms with Gasteiger partial charge in [-0.3, -0.25) is 4.90 Å². The van der Waals surface area contributed by atoms with Gasteiger partial charge in [-0.2, -0.15) is 0 Å². The van der Waals surface area contributed by atoms with Crippen molar-refractivity contribution in [3.63, 3.8) is 0 Å². The van der Waals surface area contributed by atoms with Crippen LogP contribution in [-0.2, 0) is 6.54 Å². The van der Waals surface area contributed by atoms with Gasteiger partial charge < -0.3 is 15.0 Å². The molecule has 1 heterocycles. The number of piperazine rings is 1. The molecule has 0 unspecified atom stereocenters. The molecule has 1 fully saturated rings. The molecule has 138 valence electrons. The van der Waals surface area contributed by atoms with Crippen LogP contribution in [0.3, 0.4) is 0 Å². The summed E-state index contributed by atoms with van der Waals surface area (Å²) in [6.07, 6.45) is 0. The Labute approximate surface area is 163 Å². The van der Waals surface area contributed by atoms with E-state index >= 15 is 0 Å². The second kappa shape index (κ2) is 8.62. The van der Waals surface area contributed by atoms with E-state index in [-0.39, 0.29) is 6.03 Å². The van der Waals surface area contributed by atoms with E-state index in [1.165, 1.54) is 5.56 Å². The van der Waals surface area contributed by atoms with E-state index in [2.05, 4.69) is 22.3 Å². The molecule has 1 saturated heterocycles. The van der Waals surface area contributed by atoms with Crippen molar-refractivity contribution in [1.29, 1.82) is 0 Å². The van der Waals surface area contributed by atoms with Crippen LogP contribution < -0.4 is 10.1 Å². The van der Waals surface area contributed by atoms with Crippen molar-refractivity contribution in [3.8, 4) is 5.75 Å². The van der Waals surface area contributed by atoms with Gasteiger partial charge in [-0.15, -0.1) is 0 Å². The standard InChI is InChI=1S/C19H21Cl2N3O2/c1-26-16-5-2-14(3-6-16)13-23-8-10-24(11-9-23)19(25)22-15-4-7-17(20)18(21)12-15/h2-7,12H,8-11,13H2,1H3,(H,22,25). The lowest BCUT2D eigenvalue weighted by Gasteiger charge is -2.34. The maximum Gasteiger partial charge on any atom is 0.321 e. The van der Waals surface area contributed by atoms with Crippen LogP contribution in [0, 0.1) is 0 Å². The minimum atomic E-state index is -0.118. The number of hydrogen-bond donors (Lipinski definition) is 1. The molecule has 0 radical (unpaired) electrons. The second-order valence-corrected chi connectivity index (χ2v) is 6.98. The highest BCUT2D eigenvalue weighted by atomic mass is 35.5. The van der Waals surface area contributed by atoms with E-state index < -0.39 is 0 Å². The summed E-state index contributed by atoms with van der Waals surface area (Å²) in [4.78, 5) is 16.6. The number of nitrogens with one attached hydrogen (secondary N) is 1. The number of carbonyl (C=O) groups excluding carboxylic acids is 1. The number of ether oxygens (including phenoxy) is 1. The largest absolute Gasteiger partial charge is 0.497 e. The molecule has 0 saturated carbocycles. The Kier molecular flexibility index (Phi) is 6.25. The quantitative estimate of drug-likeness (QED) is 0.839. The normalized spacial score (nSPS) is 15.0. The van der Waals surface area contributed by atoms with Crippen molar-refractivity contribution in [1.82, 2.24) is 9.80 Å². The van der Waals surface area contributed by atoms with E-state index in [0.29, 0.717) is 28.8 Å². The summed E-state index contributed by atoms with van der Waals surface area (Å²) in [5, 5.41) is 3.76. The Morgan fingerprint density at radius 1 is 1.04 bits per heavy atom. The monoisotopic (exact) mass is 393 g/mol. The van der Waals surface area contributed by atoms with Gasteiger partial charge in [0, 0.05) is 38.4 Å². The molecule has 2 aromatic rings. The fraction of sp³-hybridized carbons (Fsp3) is 0.316. The molecule has 3 rings (SSSR count). The highest BCUT2D eigenvalue weighted by Crippen LogP contribution is 2.25. The molecule has 1 aliphatic heterocycles. The molecule has 5 nitrogen and oxygen atoms in total. The van der Waals surface area contributed by atoms with E-state index in [4.69, 9.17) is 27.9 Å². The lowest BCUT2D eigenvalue weighted by Crippen LogP contribution is -2.49. The van der Waals surface area contributed by atoms with Gasteiger partial charge in [0.05, 0.1) is 17.2 Å². The molecule has 0 aliphatic carbocycles. The topological polar surface area (TPSA) is 44.8 Å². The fourth-order valence-corrected chi connectivity index (χ4v) is 3.17. The minimum absolute atomic E-state index is 0.118. The average Bonchev–Trinajstić information content (AvgIpc) is 2.66. The van der Waals surface area contributed by atoms with Crippen LogP contribution in [0.2, 0.25) is 10.0 Å². The molecule has 2 amide bonds. The van der Waals surface area contributed by atoms with E-state index in [1.54, 1.807) is 25.3 Å². The molecule has 26 heavy (non-hydrogen) atoms. The number of anilines is 1. The molecular weight excluding hydrogens is 373 g/mol. The highest BCUT2D eigenvalue weighted by Gasteiger charge is 2.21. The van der Waals surface area contributed by atoms with Crippen LogP contribution >= 0.6 is 23.2 Å². The van der Waals surface area contributed by atoms with E-state index in [0.717, 1.165) is 25.4 Å². The number of nitrogens with zero attached hydrogens (tertiary/aromatic N) is 2. The van der Waals surface area contributed by atoms with Crippen molar-refractivity contribution in [3.05, 3.63) is 58.1 Å². The molecule has 0 aromatic heterocycles. The van der Waals surface area contributed by atoms with Gasteiger partial charge in [-0.05, 0) is 35.9 Å². The third-order valence-corrected chi connectivity index (χ3v) is 5.13. The third kappa shape index (κ3) is 4.81. The average molecular weight is 394 g/mol. The Hall–Kier alpha value is -1.95. The third-order valence-electron chi connectivity index (χ3n) is 4.40. The highest BCUT2D eigenvalue weighted by molar-refractivity contribution is 6.42. The molecule has 7 heteroatoms. The number of methoxy groups -OCH3 is 1. The zero-order chi connectivity index (χ0) is 18.5. The number of benzene rings is 2. The molecule has 1 aliphatic rings. The maximum atomic E-state index is 12.4. The van der Waals surface area contributed by atoms with Crippen LogP contribution in [0.5, 0.6) is 5.75 Å². The van der Waals surface area contributed by atoms with Crippen LogP contribution in [0.4, 0.5) is 10.5 Å². The van der Waals surface area contributed by atoms with Gasteiger partial charge in [0.1, 0.15) is 5.75 Å². The summed E-state index contributed by atoms with van der Waals surface area (Å²) < 4.78 is 5.18. The number of urea groups is 1. The number of carbonyl (C=O) groups is 1. The van der Waals surface area contributed by atoms with E-state index in [1.807, 2.05) is 17.0 Å². The Bertz CT molecular complexity index is 760. The Morgan fingerprint density at radius 2 is 1.73 bits per heavy atom. The SMILES string of the molecule is COc1ccc(CN2CCN(C(=O)Nc3ccc(Cl)c(Cl)c3)CC2)cc1. The smallest absolute Gasteiger partial charge is 0.321 e. The lowest BCUT2D eigenvalue weighted by molar-refractivity contribution is 0.143. The maximum absolute atomic E-state index is 12.4. The second-order valence-electron chi connectivity index (χ2n) is 6.17. The zero-order valence-corrected chi connectivity index (χ0v) is 16.1. The summed E-state index contributed by atoms with van der Waals surface area (Å²) in [6.45, 7) is 3.90. The first-order valence-corrected chi connectivity index (χ1v) is 9.17. The summed E-state index contributed by atoms with van der Waals surface area (Å²) in [5.41, 5.74) is 1.88. The zero-order valence-electron chi connectivity index (χ0n) is 14.5. The molecule has 0 spiro atoms. The summed E-state index contributed by atoms with van der Waals surface area (Å²) >= 11 is 11.9. The number of rotatable bonds is 4. The van der Waals surface area contributed by atoms with Gasteiger partial charge in [-0.1, -0.05) is 35.3 Å². The summed E-state index contributed by atoms with van der Waals surface area (Å²) in [5.74, 6) is 0.859. The summed E-state index contributed by atoms with van der Waals surface area (Å²) in [7, 11) is 1.66.